The van der Waals surface area contributed by atoms with Crippen LogP contribution in [0.4, 0.5) is 0 Å². The predicted octanol–water partition coefficient (Wildman–Crippen LogP) is 0.734. The first-order chi connectivity index (χ1) is 2.93. The molecule has 0 aromatic rings. The Hall–Kier alpha value is -0.0400. The fourth-order valence-corrected chi connectivity index (χ4v) is 0.421. The molecule has 1 heterocycles. The molecule has 6 heavy (non-hydrogen) atoms. The molecule has 0 amide bonds. The van der Waals surface area contributed by atoms with Gasteiger partial charge in [0.05, 0.1) is 13.2 Å². The summed E-state index contributed by atoms with van der Waals surface area (Å²) in [6.07, 6.45) is 0.792. The monoisotopic (exact) mass is 84.1 g/mol. The lowest BCUT2D eigenvalue weighted by Crippen LogP contribution is -2.26. The standard InChI is InChI=1S/C5H8O/c1-2-5-3-6-4-5/h1,5H,2-4H2. The van der Waals surface area contributed by atoms with Gasteiger partial charge >= 0.3 is 0 Å². The Morgan fingerprint density at radius 3 is 2.33 bits per heavy atom. The van der Waals surface area contributed by atoms with Gasteiger partial charge in [-0.25, -0.2) is 0 Å². The highest BCUT2D eigenvalue weighted by molar-refractivity contribution is 4.64. The first-order valence-corrected chi connectivity index (χ1v) is 2.21. The van der Waals surface area contributed by atoms with Gasteiger partial charge < -0.3 is 4.74 Å². The van der Waals surface area contributed by atoms with Crippen molar-refractivity contribution in [1.82, 2.24) is 0 Å². The minimum absolute atomic E-state index is 0.671. The van der Waals surface area contributed by atoms with Gasteiger partial charge in [-0.15, -0.1) is 0 Å². The van der Waals surface area contributed by atoms with Crippen LogP contribution in [0.15, 0.2) is 0 Å². The second kappa shape index (κ2) is 1.61. The van der Waals surface area contributed by atoms with Crippen LogP contribution in [0.1, 0.15) is 6.42 Å². The van der Waals surface area contributed by atoms with E-state index in [1.807, 2.05) is 0 Å². The summed E-state index contributed by atoms with van der Waals surface area (Å²) >= 11 is 0. The minimum atomic E-state index is 0.671. The Morgan fingerprint density at radius 2 is 2.33 bits per heavy atom. The van der Waals surface area contributed by atoms with Crippen LogP contribution in [0.2, 0.25) is 0 Å². The smallest absolute Gasteiger partial charge is 0.0516 e. The van der Waals surface area contributed by atoms with E-state index in [1.165, 1.54) is 0 Å². The van der Waals surface area contributed by atoms with Gasteiger partial charge in [0, 0.05) is 5.92 Å². The fourth-order valence-electron chi connectivity index (χ4n) is 0.421. The van der Waals surface area contributed by atoms with Gasteiger partial charge in [0.15, 0.2) is 0 Å². The summed E-state index contributed by atoms with van der Waals surface area (Å²) in [5.74, 6) is 0.671. The first kappa shape index (κ1) is 4.13. The SMILES string of the molecule is [CH]CC1COC1. The maximum Gasteiger partial charge on any atom is 0.0516 e. The quantitative estimate of drug-likeness (QED) is 0.455. The lowest BCUT2D eigenvalue weighted by molar-refractivity contribution is -0.0302. The predicted molar refractivity (Wildman–Crippen MR) is 23.2 cm³/mol. The summed E-state index contributed by atoms with van der Waals surface area (Å²) in [5.41, 5.74) is 0. The average Bonchev–Trinajstić information content (AvgIpc) is 1.31. The Balaban J connectivity index is 2.01. The molecule has 2 radical (unpaired) electrons. The van der Waals surface area contributed by atoms with Crippen LogP contribution in [-0.4, -0.2) is 13.2 Å². The lowest BCUT2D eigenvalue weighted by Gasteiger charge is -2.23. The van der Waals surface area contributed by atoms with Gasteiger partial charge in [0.1, 0.15) is 0 Å². The van der Waals surface area contributed by atoms with Crippen LogP contribution in [-0.2, 0) is 4.74 Å². The van der Waals surface area contributed by atoms with E-state index in [0.717, 1.165) is 19.6 Å². The van der Waals surface area contributed by atoms with Crippen molar-refractivity contribution in [3.05, 3.63) is 6.92 Å². The highest BCUT2D eigenvalue weighted by atomic mass is 16.5. The number of rotatable bonds is 1. The molecule has 0 N–H and O–H groups in total. The van der Waals surface area contributed by atoms with E-state index in [0.29, 0.717) is 5.92 Å². The van der Waals surface area contributed by atoms with E-state index in [1.54, 1.807) is 0 Å². The van der Waals surface area contributed by atoms with Gasteiger partial charge in [0.2, 0.25) is 0 Å². The van der Waals surface area contributed by atoms with Crippen molar-refractivity contribution in [2.75, 3.05) is 13.2 Å². The topological polar surface area (TPSA) is 9.23 Å². The van der Waals surface area contributed by atoms with Crippen LogP contribution in [0.25, 0.3) is 0 Å². The second-order valence-corrected chi connectivity index (χ2v) is 1.64. The van der Waals surface area contributed by atoms with Crippen molar-refractivity contribution >= 4 is 0 Å². The third-order valence-corrected chi connectivity index (χ3v) is 1.04. The summed E-state index contributed by atoms with van der Waals surface area (Å²) in [5, 5.41) is 0. The zero-order valence-corrected chi connectivity index (χ0v) is 3.68. The normalized spacial score (nSPS) is 23.5. The van der Waals surface area contributed by atoms with Gasteiger partial charge in [-0.05, 0) is 13.3 Å². The van der Waals surface area contributed by atoms with E-state index < -0.39 is 0 Å². The van der Waals surface area contributed by atoms with Crippen molar-refractivity contribution in [3.8, 4) is 0 Å². The van der Waals surface area contributed by atoms with E-state index in [-0.39, 0.29) is 0 Å². The third kappa shape index (κ3) is 0.548. The number of ether oxygens (including phenoxy) is 1. The molecule has 0 aliphatic carbocycles. The Bertz CT molecular complexity index is 36.4. The molecule has 0 spiro atoms. The molecule has 1 saturated heterocycles. The van der Waals surface area contributed by atoms with Crippen molar-refractivity contribution in [2.45, 2.75) is 6.42 Å². The molecule has 1 heteroatoms. The molecule has 0 unspecified atom stereocenters. The van der Waals surface area contributed by atoms with E-state index >= 15 is 0 Å². The van der Waals surface area contributed by atoms with Crippen LogP contribution in [0, 0.1) is 12.8 Å². The van der Waals surface area contributed by atoms with Crippen molar-refractivity contribution in [1.29, 1.82) is 0 Å². The highest BCUT2D eigenvalue weighted by Gasteiger charge is 2.14. The van der Waals surface area contributed by atoms with Crippen molar-refractivity contribution in [3.63, 3.8) is 0 Å². The van der Waals surface area contributed by atoms with Crippen LogP contribution < -0.4 is 0 Å². The third-order valence-electron chi connectivity index (χ3n) is 1.04. The van der Waals surface area contributed by atoms with E-state index in [4.69, 9.17) is 11.7 Å². The Labute approximate surface area is 38.3 Å². The average molecular weight is 84.1 g/mol. The molecular weight excluding hydrogens is 76.1 g/mol. The largest absolute Gasteiger partial charge is 0.381 e. The fraction of sp³-hybridized carbons (Fsp3) is 0.800. The molecule has 0 saturated carbocycles. The van der Waals surface area contributed by atoms with Gasteiger partial charge in [-0.1, -0.05) is 0 Å². The van der Waals surface area contributed by atoms with Crippen molar-refractivity contribution in [2.24, 2.45) is 5.92 Å². The van der Waals surface area contributed by atoms with Crippen LogP contribution in [0.3, 0.4) is 0 Å². The summed E-state index contributed by atoms with van der Waals surface area (Å²) in [4.78, 5) is 0. The second-order valence-electron chi connectivity index (χ2n) is 1.64. The molecule has 0 atom stereocenters. The van der Waals surface area contributed by atoms with Gasteiger partial charge in [0.25, 0.3) is 0 Å². The number of hydrogen-bond acceptors (Lipinski definition) is 1. The van der Waals surface area contributed by atoms with Crippen LogP contribution in [0.5, 0.6) is 0 Å². The maximum absolute atomic E-state index is 5.25. The molecule has 1 fully saturated rings. The Morgan fingerprint density at radius 1 is 1.67 bits per heavy atom. The zero-order valence-electron chi connectivity index (χ0n) is 3.68. The zero-order chi connectivity index (χ0) is 4.41. The molecule has 1 aliphatic rings. The Kier molecular flexibility index (Phi) is 1.10. The van der Waals surface area contributed by atoms with Crippen molar-refractivity contribution < 1.29 is 4.74 Å². The minimum Gasteiger partial charge on any atom is -0.381 e. The summed E-state index contributed by atoms with van der Waals surface area (Å²) in [6, 6.07) is 0. The highest BCUT2D eigenvalue weighted by Crippen LogP contribution is 2.11. The van der Waals surface area contributed by atoms with E-state index in [9.17, 15) is 0 Å². The van der Waals surface area contributed by atoms with E-state index in [2.05, 4.69) is 0 Å². The summed E-state index contributed by atoms with van der Waals surface area (Å²) in [7, 11) is 0. The van der Waals surface area contributed by atoms with Gasteiger partial charge in [-0.2, -0.15) is 0 Å². The molecule has 0 bridgehead atoms. The molecule has 1 rings (SSSR count). The maximum atomic E-state index is 5.25. The molecular formula is C5H8O. The molecule has 0 aromatic carbocycles. The molecule has 1 nitrogen and oxygen atoms in total. The van der Waals surface area contributed by atoms with Gasteiger partial charge in [-0.3, -0.25) is 0 Å². The molecule has 1 aliphatic heterocycles. The lowest BCUT2D eigenvalue weighted by atomic mass is 10.1. The number of hydrogen-bond donors (Lipinski definition) is 0. The first-order valence-electron chi connectivity index (χ1n) is 2.21. The summed E-state index contributed by atoms with van der Waals surface area (Å²) < 4.78 is 4.85. The van der Waals surface area contributed by atoms with Crippen LogP contribution >= 0.6 is 0 Å². The summed E-state index contributed by atoms with van der Waals surface area (Å²) in [6.45, 7) is 7.02. The molecule has 34 valence electrons. The molecule has 0 aromatic heterocycles.